The smallest absolute Gasteiger partial charge is 0.407 e. The van der Waals surface area contributed by atoms with E-state index in [-0.39, 0.29) is 12.1 Å². The number of quaternary nitrogens is 1. The molecule has 3 rings (SSSR count). The fraction of sp³-hybridized carbons (Fsp3) is 0.435. The Morgan fingerprint density at radius 2 is 1.76 bits per heavy atom. The van der Waals surface area contributed by atoms with Crippen LogP contribution in [0.4, 0.5) is 16.2 Å². The first kappa shape index (κ1) is 21.0. The Kier molecular flexibility index (Phi) is 7.36. The highest BCUT2D eigenvalue weighted by Gasteiger charge is 2.29. The summed E-state index contributed by atoms with van der Waals surface area (Å²) in [5, 5.41) is 2.95. The molecule has 2 aromatic carbocycles. The number of para-hydroxylation sites is 1. The molecule has 29 heavy (non-hydrogen) atoms. The van der Waals surface area contributed by atoms with Crippen LogP contribution in [0.15, 0.2) is 54.6 Å². The Labute approximate surface area is 174 Å². The summed E-state index contributed by atoms with van der Waals surface area (Å²) in [5.41, 5.74) is 3.70. The summed E-state index contributed by atoms with van der Waals surface area (Å²) in [6, 6.07) is 19.4. The van der Waals surface area contributed by atoms with Crippen molar-refractivity contribution in [1.82, 2.24) is 5.32 Å². The van der Waals surface area contributed by atoms with Crippen LogP contribution in [-0.4, -0.2) is 59.5 Å². The summed E-state index contributed by atoms with van der Waals surface area (Å²) >= 11 is 0. The number of nitrogens with one attached hydrogen (secondary N) is 2. The van der Waals surface area contributed by atoms with Gasteiger partial charge in [-0.05, 0) is 31.2 Å². The van der Waals surface area contributed by atoms with Gasteiger partial charge in [-0.1, -0.05) is 30.3 Å². The van der Waals surface area contributed by atoms with Crippen LogP contribution in [0.25, 0.3) is 0 Å². The molecule has 1 fully saturated rings. The van der Waals surface area contributed by atoms with Crippen LogP contribution >= 0.6 is 0 Å². The number of benzene rings is 2. The van der Waals surface area contributed by atoms with Crippen LogP contribution in [0.3, 0.4) is 0 Å². The van der Waals surface area contributed by atoms with Gasteiger partial charge in [-0.15, -0.1) is 0 Å². The first-order valence-corrected chi connectivity index (χ1v) is 10.4. The quantitative estimate of drug-likeness (QED) is 0.750. The first-order valence-electron chi connectivity index (χ1n) is 10.4. The fourth-order valence-electron chi connectivity index (χ4n) is 3.91. The number of carbonyl (C=O) groups is 1. The van der Waals surface area contributed by atoms with E-state index >= 15 is 0 Å². The highest BCUT2D eigenvalue weighted by molar-refractivity contribution is 5.67. The predicted molar refractivity (Wildman–Crippen MR) is 118 cm³/mol. The van der Waals surface area contributed by atoms with E-state index in [0.29, 0.717) is 13.2 Å². The van der Waals surface area contributed by atoms with E-state index < -0.39 is 0 Å². The van der Waals surface area contributed by atoms with Gasteiger partial charge in [0.1, 0.15) is 6.04 Å². The Bertz CT molecular complexity index is 756. The van der Waals surface area contributed by atoms with Crippen LogP contribution in [-0.2, 0) is 4.74 Å². The molecular weight excluding hydrogens is 364 g/mol. The fourth-order valence-corrected chi connectivity index (χ4v) is 3.91. The van der Waals surface area contributed by atoms with Crippen molar-refractivity contribution in [3.8, 4) is 0 Å². The van der Waals surface area contributed by atoms with Crippen molar-refractivity contribution >= 4 is 17.5 Å². The lowest BCUT2D eigenvalue weighted by atomic mass is 10.0. The topological polar surface area (TPSA) is 49.2 Å². The lowest BCUT2D eigenvalue weighted by Gasteiger charge is -2.38. The molecule has 1 saturated heterocycles. The molecule has 0 saturated carbocycles. The Morgan fingerprint density at radius 3 is 2.34 bits per heavy atom. The third kappa shape index (κ3) is 5.64. The summed E-state index contributed by atoms with van der Waals surface area (Å²) in [6.07, 6.45) is -0.343. The minimum absolute atomic E-state index is 0.202. The van der Waals surface area contributed by atoms with Gasteiger partial charge in [-0.2, -0.15) is 0 Å². The Morgan fingerprint density at radius 1 is 1.10 bits per heavy atom. The monoisotopic (exact) mass is 397 g/mol. The summed E-state index contributed by atoms with van der Waals surface area (Å²) in [4.78, 5) is 17.9. The van der Waals surface area contributed by atoms with Gasteiger partial charge >= 0.3 is 6.09 Å². The molecule has 6 heteroatoms. The van der Waals surface area contributed by atoms with Gasteiger partial charge in [0.2, 0.25) is 0 Å². The lowest BCUT2D eigenvalue weighted by molar-refractivity contribution is -0.931. The van der Waals surface area contributed by atoms with Crippen molar-refractivity contribution < 1.29 is 14.4 Å². The summed E-state index contributed by atoms with van der Waals surface area (Å²) in [6.45, 7) is 6.84. The number of ether oxygens (including phenoxy) is 1. The van der Waals surface area contributed by atoms with E-state index in [0.717, 1.165) is 26.2 Å². The number of carbonyl (C=O) groups excluding carboxylic acids is 1. The van der Waals surface area contributed by atoms with Crippen LogP contribution in [0.1, 0.15) is 18.5 Å². The molecule has 156 valence electrons. The second-order valence-electron chi connectivity index (χ2n) is 7.62. The molecule has 2 N–H and O–H groups in total. The van der Waals surface area contributed by atoms with Crippen molar-refractivity contribution in [2.24, 2.45) is 0 Å². The summed E-state index contributed by atoms with van der Waals surface area (Å²) in [7, 11) is 4.09. The van der Waals surface area contributed by atoms with E-state index in [1.165, 1.54) is 21.8 Å². The normalized spacial score (nSPS) is 15.6. The highest BCUT2D eigenvalue weighted by Crippen LogP contribution is 2.18. The molecule has 1 atom stereocenters. The molecule has 0 aromatic heterocycles. The molecule has 6 nitrogen and oxygen atoms in total. The number of rotatable bonds is 7. The minimum atomic E-state index is -0.343. The average molecular weight is 398 g/mol. The largest absolute Gasteiger partial charge is 0.450 e. The molecule has 0 radical (unpaired) electrons. The standard InChI is InChI=1S/C23H32N4O2/c1-4-29-23(28)24-18-22(19-10-12-20(13-11-19)25(2)3)27-16-14-26(15-17-27)21-8-6-5-7-9-21/h5-13,22H,4,14-18H2,1-3H3,(H,24,28)/p+1/t22-/m1/s1. The first-order chi connectivity index (χ1) is 14.1. The lowest BCUT2D eigenvalue weighted by Crippen LogP contribution is -3.15. The number of piperazine rings is 1. The number of amides is 1. The second kappa shape index (κ2) is 10.2. The predicted octanol–water partition coefficient (Wildman–Crippen LogP) is 1.94. The molecule has 0 unspecified atom stereocenters. The molecule has 0 bridgehead atoms. The van der Waals surface area contributed by atoms with E-state index in [4.69, 9.17) is 4.74 Å². The van der Waals surface area contributed by atoms with Gasteiger partial charge in [-0.25, -0.2) is 4.79 Å². The Balaban J connectivity index is 1.70. The van der Waals surface area contributed by atoms with Gasteiger partial charge in [0, 0.05) is 31.0 Å². The summed E-state index contributed by atoms with van der Waals surface area (Å²) < 4.78 is 5.07. The zero-order valence-electron chi connectivity index (χ0n) is 17.7. The van der Waals surface area contributed by atoms with Crippen LogP contribution in [0.5, 0.6) is 0 Å². The molecule has 2 aromatic rings. The van der Waals surface area contributed by atoms with E-state index in [2.05, 4.69) is 69.7 Å². The van der Waals surface area contributed by atoms with Gasteiger partial charge in [0.05, 0.1) is 39.3 Å². The maximum Gasteiger partial charge on any atom is 0.407 e. The van der Waals surface area contributed by atoms with Crippen LogP contribution in [0, 0.1) is 0 Å². The molecule has 0 spiro atoms. The van der Waals surface area contributed by atoms with Gasteiger partial charge in [-0.3, -0.25) is 0 Å². The third-order valence-electron chi connectivity index (χ3n) is 5.56. The molecule has 1 aliphatic rings. The van der Waals surface area contributed by atoms with Gasteiger partial charge in [0.15, 0.2) is 0 Å². The number of hydrogen-bond donors (Lipinski definition) is 2. The van der Waals surface area contributed by atoms with Crippen LogP contribution < -0.4 is 20.0 Å². The molecule has 1 aliphatic heterocycles. The minimum Gasteiger partial charge on any atom is -0.450 e. The molecule has 1 amide bonds. The third-order valence-corrected chi connectivity index (χ3v) is 5.56. The highest BCUT2D eigenvalue weighted by atomic mass is 16.5. The second-order valence-corrected chi connectivity index (χ2v) is 7.62. The number of nitrogens with zero attached hydrogens (tertiary/aromatic N) is 2. The SMILES string of the molecule is CCOC(=O)NC[C@H](c1ccc(N(C)C)cc1)[NH+]1CCN(c2ccccc2)CC1. The van der Waals surface area contributed by atoms with Crippen molar-refractivity contribution in [3.63, 3.8) is 0 Å². The van der Waals surface area contributed by atoms with Crippen molar-refractivity contribution in [2.75, 3.05) is 63.2 Å². The van der Waals surface area contributed by atoms with E-state index in [9.17, 15) is 4.79 Å². The van der Waals surface area contributed by atoms with Crippen molar-refractivity contribution in [3.05, 3.63) is 60.2 Å². The van der Waals surface area contributed by atoms with Crippen LogP contribution in [0.2, 0.25) is 0 Å². The zero-order valence-corrected chi connectivity index (χ0v) is 17.7. The number of hydrogen-bond acceptors (Lipinski definition) is 4. The maximum atomic E-state index is 11.9. The van der Waals surface area contributed by atoms with Gasteiger partial charge in [0.25, 0.3) is 0 Å². The van der Waals surface area contributed by atoms with Crippen molar-refractivity contribution in [1.29, 1.82) is 0 Å². The number of alkyl carbamates (subject to hydrolysis) is 1. The Hall–Kier alpha value is -2.73. The van der Waals surface area contributed by atoms with E-state index in [1.807, 2.05) is 21.0 Å². The van der Waals surface area contributed by atoms with Crippen molar-refractivity contribution in [2.45, 2.75) is 13.0 Å². The molecule has 0 aliphatic carbocycles. The van der Waals surface area contributed by atoms with E-state index in [1.54, 1.807) is 0 Å². The van der Waals surface area contributed by atoms with Gasteiger partial charge < -0.3 is 24.8 Å². The molecule has 1 heterocycles. The average Bonchev–Trinajstić information content (AvgIpc) is 2.75. The number of anilines is 2. The molecular formula is C23H33N4O2+. The summed E-state index contributed by atoms with van der Waals surface area (Å²) in [5.74, 6) is 0. The zero-order chi connectivity index (χ0) is 20.6. The maximum absolute atomic E-state index is 11.9.